The van der Waals surface area contributed by atoms with Gasteiger partial charge in [0.2, 0.25) is 0 Å². The van der Waals surface area contributed by atoms with Crippen LogP contribution in [0.4, 0.5) is 0 Å². The molecular weight excluding hydrogens is 508 g/mol. The van der Waals surface area contributed by atoms with E-state index in [0.29, 0.717) is 13.0 Å². The van der Waals surface area contributed by atoms with Crippen LogP contribution in [0.15, 0.2) is 42.5 Å². The minimum Gasteiger partial charge on any atom is -0.489 e. The van der Waals surface area contributed by atoms with Crippen LogP contribution in [0.2, 0.25) is 0 Å². The number of carbonyl (C=O) groups excluding carboxylic acids is 1. The number of hydrogen-bond acceptors (Lipinski definition) is 4. The van der Waals surface area contributed by atoms with Crippen LogP contribution in [-0.2, 0) is 14.9 Å². The second kappa shape index (κ2) is 16.8. The van der Waals surface area contributed by atoms with Crippen molar-refractivity contribution in [3.8, 4) is 5.75 Å². The molecule has 2 aromatic carbocycles. The standard InChI is InChI=1S/C37H56O4/c1-9-13-14-15-16-23-36(39,10-2)24-17-18-32-19-20-33(25-28(32)5)37(11-3,12-4)34-21-22-35(29(6)26-34)40-27-30(7)41-31(8)38/h17-22,25-26,30,39H,9-16,23-24,27H2,1-8H3. The average Bonchev–Trinajstić information content (AvgIpc) is 2.94. The maximum atomic E-state index is 11.2. The summed E-state index contributed by atoms with van der Waals surface area (Å²) in [6.07, 6.45) is 14.5. The maximum Gasteiger partial charge on any atom is 0.303 e. The molecule has 0 saturated carbocycles. The average molecular weight is 565 g/mol. The predicted octanol–water partition coefficient (Wildman–Crippen LogP) is 9.64. The molecule has 0 aliphatic rings. The zero-order valence-corrected chi connectivity index (χ0v) is 27.1. The van der Waals surface area contributed by atoms with Crippen LogP contribution in [-0.4, -0.2) is 29.4 Å². The summed E-state index contributed by atoms with van der Waals surface area (Å²) in [5, 5.41) is 11.1. The Kier molecular flexibility index (Phi) is 14.1. The molecule has 0 amide bonds. The molecule has 2 aromatic rings. The molecule has 0 bridgehead atoms. The highest BCUT2D eigenvalue weighted by Crippen LogP contribution is 2.41. The lowest BCUT2D eigenvalue weighted by Crippen LogP contribution is -2.26. The summed E-state index contributed by atoms with van der Waals surface area (Å²) in [5.74, 6) is 0.523. The van der Waals surface area contributed by atoms with Crippen molar-refractivity contribution in [3.63, 3.8) is 0 Å². The molecule has 4 nitrogen and oxygen atoms in total. The Bertz CT molecular complexity index is 1110. The molecule has 0 heterocycles. The monoisotopic (exact) mass is 564 g/mol. The third-order valence-electron chi connectivity index (χ3n) is 8.80. The number of ether oxygens (including phenoxy) is 2. The Hall–Kier alpha value is -2.59. The molecule has 0 fully saturated rings. The van der Waals surface area contributed by atoms with E-state index in [2.05, 4.69) is 84.0 Å². The summed E-state index contributed by atoms with van der Waals surface area (Å²) in [7, 11) is 0. The number of unbranched alkanes of at least 4 members (excludes halogenated alkanes) is 4. The lowest BCUT2D eigenvalue weighted by molar-refractivity contribution is -0.146. The lowest BCUT2D eigenvalue weighted by atomic mass is 9.70. The SMILES string of the molecule is CCCCCCCC(O)(CC)CC=Cc1ccc(C(CC)(CC)c2ccc(OCC(C)OC(C)=O)c(C)c2)cc1C. The minimum absolute atomic E-state index is 0.0957. The van der Waals surface area contributed by atoms with Gasteiger partial charge in [0.15, 0.2) is 0 Å². The smallest absolute Gasteiger partial charge is 0.303 e. The molecule has 0 aliphatic heterocycles. The molecule has 0 aromatic heterocycles. The molecule has 1 N–H and O–H groups in total. The van der Waals surface area contributed by atoms with E-state index < -0.39 is 5.60 Å². The van der Waals surface area contributed by atoms with Gasteiger partial charge in [-0.1, -0.05) is 102 Å². The molecule has 4 heteroatoms. The molecule has 228 valence electrons. The molecule has 0 radical (unpaired) electrons. The normalized spacial score (nSPS) is 14.2. The van der Waals surface area contributed by atoms with Crippen molar-refractivity contribution in [1.29, 1.82) is 0 Å². The molecule has 0 spiro atoms. The van der Waals surface area contributed by atoms with E-state index in [4.69, 9.17) is 9.47 Å². The third-order valence-corrected chi connectivity index (χ3v) is 8.80. The van der Waals surface area contributed by atoms with Crippen molar-refractivity contribution in [2.24, 2.45) is 0 Å². The van der Waals surface area contributed by atoms with Crippen LogP contribution < -0.4 is 4.74 Å². The number of esters is 1. The third kappa shape index (κ3) is 10.0. The van der Waals surface area contributed by atoms with Crippen LogP contribution >= 0.6 is 0 Å². The number of aryl methyl sites for hydroxylation is 2. The number of aliphatic hydroxyl groups is 1. The topological polar surface area (TPSA) is 55.8 Å². The summed E-state index contributed by atoms with van der Waals surface area (Å²) in [6, 6.07) is 13.3. The summed E-state index contributed by atoms with van der Waals surface area (Å²) >= 11 is 0. The van der Waals surface area contributed by atoms with Gasteiger partial charge in [-0.05, 0) is 86.8 Å². The molecule has 0 saturated heterocycles. The molecule has 2 atom stereocenters. The van der Waals surface area contributed by atoms with Crippen molar-refractivity contribution < 1.29 is 19.4 Å². The Morgan fingerprint density at radius 2 is 1.54 bits per heavy atom. The Labute approximate surface area is 250 Å². The fourth-order valence-electron chi connectivity index (χ4n) is 5.91. The first-order chi connectivity index (χ1) is 19.5. The summed E-state index contributed by atoms with van der Waals surface area (Å²) in [5.41, 5.74) is 5.44. The van der Waals surface area contributed by atoms with E-state index in [9.17, 15) is 9.90 Å². The van der Waals surface area contributed by atoms with Crippen LogP contribution in [0.3, 0.4) is 0 Å². The van der Waals surface area contributed by atoms with E-state index in [1.54, 1.807) is 0 Å². The zero-order valence-electron chi connectivity index (χ0n) is 27.1. The van der Waals surface area contributed by atoms with E-state index in [1.165, 1.54) is 54.9 Å². The molecule has 2 unspecified atom stereocenters. The van der Waals surface area contributed by atoms with Crippen molar-refractivity contribution >= 4 is 12.0 Å². The van der Waals surface area contributed by atoms with Gasteiger partial charge in [0.1, 0.15) is 18.5 Å². The quantitative estimate of drug-likeness (QED) is 0.145. The number of rotatable bonds is 18. The largest absolute Gasteiger partial charge is 0.489 e. The Morgan fingerprint density at radius 1 is 0.902 bits per heavy atom. The Balaban J connectivity index is 2.18. The van der Waals surface area contributed by atoms with E-state index in [1.807, 2.05) is 13.0 Å². The number of hydrogen-bond donors (Lipinski definition) is 1. The van der Waals surface area contributed by atoms with Crippen molar-refractivity contribution in [2.45, 2.75) is 137 Å². The van der Waals surface area contributed by atoms with Gasteiger partial charge < -0.3 is 14.6 Å². The molecule has 0 aliphatic carbocycles. The predicted molar refractivity (Wildman–Crippen MR) is 173 cm³/mol. The van der Waals surface area contributed by atoms with Crippen LogP contribution in [0.5, 0.6) is 5.75 Å². The van der Waals surface area contributed by atoms with Crippen molar-refractivity contribution in [3.05, 3.63) is 70.3 Å². The van der Waals surface area contributed by atoms with Crippen LogP contribution in [0.25, 0.3) is 6.08 Å². The highest BCUT2D eigenvalue weighted by Gasteiger charge is 2.31. The van der Waals surface area contributed by atoms with Gasteiger partial charge in [-0.25, -0.2) is 0 Å². The second-order valence-corrected chi connectivity index (χ2v) is 11.9. The number of carbonyl (C=O) groups is 1. The van der Waals surface area contributed by atoms with Gasteiger partial charge in [-0.3, -0.25) is 4.79 Å². The first kappa shape index (κ1) is 34.6. The van der Waals surface area contributed by atoms with Crippen LogP contribution in [0.1, 0.15) is 134 Å². The highest BCUT2D eigenvalue weighted by atomic mass is 16.6. The van der Waals surface area contributed by atoms with Gasteiger partial charge in [0.25, 0.3) is 0 Å². The van der Waals surface area contributed by atoms with Gasteiger partial charge in [-0.15, -0.1) is 0 Å². The zero-order chi connectivity index (χ0) is 30.5. The van der Waals surface area contributed by atoms with Crippen molar-refractivity contribution in [2.75, 3.05) is 6.61 Å². The molecule has 2 rings (SSSR count). The first-order valence-electron chi connectivity index (χ1n) is 15.9. The summed E-state index contributed by atoms with van der Waals surface area (Å²) in [6.45, 7) is 16.7. The molecular formula is C37H56O4. The van der Waals surface area contributed by atoms with Gasteiger partial charge >= 0.3 is 5.97 Å². The molecule has 41 heavy (non-hydrogen) atoms. The van der Waals surface area contributed by atoms with Gasteiger partial charge in [0.05, 0.1) is 5.60 Å². The van der Waals surface area contributed by atoms with E-state index in [-0.39, 0.29) is 17.5 Å². The van der Waals surface area contributed by atoms with Gasteiger partial charge in [0, 0.05) is 12.3 Å². The fraction of sp³-hybridized carbons (Fsp3) is 0.595. The van der Waals surface area contributed by atoms with Crippen molar-refractivity contribution in [1.82, 2.24) is 0 Å². The second-order valence-electron chi connectivity index (χ2n) is 11.9. The highest BCUT2D eigenvalue weighted by molar-refractivity contribution is 5.66. The first-order valence-corrected chi connectivity index (χ1v) is 15.9. The minimum atomic E-state index is -0.609. The van der Waals surface area contributed by atoms with Crippen LogP contribution in [0, 0.1) is 13.8 Å². The Morgan fingerprint density at radius 3 is 2.10 bits per heavy atom. The van der Waals surface area contributed by atoms with E-state index >= 15 is 0 Å². The lowest BCUT2D eigenvalue weighted by Gasteiger charge is -2.34. The fourth-order valence-corrected chi connectivity index (χ4v) is 5.91. The van der Waals surface area contributed by atoms with E-state index in [0.717, 1.165) is 43.4 Å². The maximum absolute atomic E-state index is 11.2. The van der Waals surface area contributed by atoms with Gasteiger partial charge in [-0.2, -0.15) is 0 Å². The summed E-state index contributed by atoms with van der Waals surface area (Å²) in [4.78, 5) is 11.2. The summed E-state index contributed by atoms with van der Waals surface area (Å²) < 4.78 is 11.2. The number of benzene rings is 2.